The normalized spacial score (nSPS) is 13.9. The van der Waals surface area contributed by atoms with Crippen molar-refractivity contribution in [1.29, 1.82) is 0 Å². The fourth-order valence-corrected chi connectivity index (χ4v) is 3.94. The maximum absolute atomic E-state index is 12.9. The van der Waals surface area contributed by atoms with Gasteiger partial charge in [-0.15, -0.1) is 0 Å². The molecule has 0 spiro atoms. The average Bonchev–Trinajstić information content (AvgIpc) is 3.21. The van der Waals surface area contributed by atoms with Gasteiger partial charge in [-0.05, 0) is 47.9 Å². The number of para-hydroxylation sites is 1. The minimum atomic E-state index is -1.05. The number of carboxylic acid groups (broad SMARTS) is 1. The van der Waals surface area contributed by atoms with E-state index in [4.69, 9.17) is 4.74 Å². The minimum Gasteiger partial charge on any atom is -0.488 e. The third-order valence-corrected chi connectivity index (χ3v) is 5.58. The third-order valence-electron chi connectivity index (χ3n) is 5.58. The van der Waals surface area contributed by atoms with Crippen molar-refractivity contribution >= 4 is 28.5 Å². The molecule has 158 valence electrons. The van der Waals surface area contributed by atoms with Gasteiger partial charge in [0, 0.05) is 12.1 Å². The standard InChI is InChI=1S/C26H20N2O4/c29-25-21-11-10-20(26(30)31)15-22(21)27-24-19(12-13-28(24)25)14-18-8-4-5-9-23(18)32-16-17-6-2-1-3-7-17/h1-11,14-15H,12-13,16H2,(H,30,31)/b19-14-. The van der Waals surface area contributed by atoms with E-state index in [0.29, 0.717) is 36.3 Å². The highest BCUT2D eigenvalue weighted by molar-refractivity contribution is 5.93. The van der Waals surface area contributed by atoms with E-state index in [1.165, 1.54) is 18.2 Å². The SMILES string of the molecule is O=C(O)c1ccc2c(=O)n3c(nc2c1)/C(=C\c1ccccc1OCc1ccccc1)CC3. The van der Waals surface area contributed by atoms with E-state index in [9.17, 15) is 14.7 Å². The summed E-state index contributed by atoms with van der Waals surface area (Å²) in [7, 11) is 0. The van der Waals surface area contributed by atoms with Crippen LogP contribution in [0.1, 0.15) is 33.7 Å². The van der Waals surface area contributed by atoms with E-state index in [2.05, 4.69) is 4.98 Å². The maximum atomic E-state index is 12.9. The van der Waals surface area contributed by atoms with E-state index >= 15 is 0 Å². The predicted octanol–water partition coefficient (Wildman–Crippen LogP) is 4.62. The van der Waals surface area contributed by atoms with Crippen molar-refractivity contribution in [3.63, 3.8) is 0 Å². The summed E-state index contributed by atoms with van der Waals surface area (Å²) in [4.78, 5) is 28.9. The number of ether oxygens (including phenoxy) is 1. The van der Waals surface area contributed by atoms with Gasteiger partial charge in [0.25, 0.3) is 5.56 Å². The summed E-state index contributed by atoms with van der Waals surface area (Å²) in [6, 6.07) is 22.1. The van der Waals surface area contributed by atoms with Crippen LogP contribution in [0.15, 0.2) is 77.6 Å². The predicted molar refractivity (Wildman–Crippen MR) is 123 cm³/mol. The number of aromatic nitrogens is 2. The molecule has 6 nitrogen and oxygen atoms in total. The van der Waals surface area contributed by atoms with E-state index in [1.54, 1.807) is 4.57 Å². The maximum Gasteiger partial charge on any atom is 0.335 e. The number of allylic oxidation sites excluding steroid dienone is 1. The van der Waals surface area contributed by atoms with Gasteiger partial charge >= 0.3 is 5.97 Å². The number of carbonyl (C=O) groups is 1. The van der Waals surface area contributed by atoms with Crippen LogP contribution in [0.5, 0.6) is 5.75 Å². The molecular formula is C26H20N2O4. The molecule has 0 fully saturated rings. The van der Waals surface area contributed by atoms with Gasteiger partial charge < -0.3 is 9.84 Å². The lowest BCUT2D eigenvalue weighted by Crippen LogP contribution is -2.21. The molecule has 0 bridgehead atoms. The van der Waals surface area contributed by atoms with Crippen LogP contribution in [0.25, 0.3) is 22.6 Å². The fraction of sp³-hybridized carbons (Fsp3) is 0.115. The van der Waals surface area contributed by atoms with Crippen LogP contribution in [-0.4, -0.2) is 20.6 Å². The van der Waals surface area contributed by atoms with Crippen molar-refractivity contribution in [2.24, 2.45) is 0 Å². The Morgan fingerprint density at radius 3 is 2.66 bits per heavy atom. The first-order valence-corrected chi connectivity index (χ1v) is 10.3. The molecule has 2 heterocycles. The second-order valence-electron chi connectivity index (χ2n) is 7.66. The molecule has 1 aliphatic heterocycles. The Balaban J connectivity index is 1.53. The Morgan fingerprint density at radius 1 is 1.06 bits per heavy atom. The van der Waals surface area contributed by atoms with Gasteiger partial charge in [0.2, 0.25) is 0 Å². The molecule has 0 saturated heterocycles. The first kappa shape index (κ1) is 19.8. The summed E-state index contributed by atoms with van der Waals surface area (Å²) in [6.45, 7) is 0.995. The highest BCUT2D eigenvalue weighted by Gasteiger charge is 2.22. The summed E-state index contributed by atoms with van der Waals surface area (Å²) in [6.07, 6.45) is 2.66. The van der Waals surface area contributed by atoms with Gasteiger partial charge in [0.15, 0.2) is 0 Å². The number of hydrogen-bond donors (Lipinski definition) is 1. The third kappa shape index (κ3) is 3.67. The van der Waals surface area contributed by atoms with Gasteiger partial charge in [0.1, 0.15) is 18.2 Å². The summed E-state index contributed by atoms with van der Waals surface area (Å²) >= 11 is 0. The molecular weight excluding hydrogens is 404 g/mol. The number of aromatic carboxylic acids is 1. The lowest BCUT2D eigenvalue weighted by molar-refractivity contribution is 0.0697. The summed E-state index contributed by atoms with van der Waals surface area (Å²) in [5.41, 5.74) is 3.25. The van der Waals surface area contributed by atoms with Crippen molar-refractivity contribution in [3.05, 3.63) is 106 Å². The number of rotatable bonds is 5. The molecule has 0 unspecified atom stereocenters. The van der Waals surface area contributed by atoms with Gasteiger partial charge in [-0.25, -0.2) is 9.78 Å². The van der Waals surface area contributed by atoms with Gasteiger partial charge in [0.05, 0.1) is 16.5 Å². The molecule has 32 heavy (non-hydrogen) atoms. The summed E-state index contributed by atoms with van der Waals surface area (Å²) < 4.78 is 7.71. The Bertz CT molecular complexity index is 1420. The van der Waals surface area contributed by atoms with Gasteiger partial charge in [-0.3, -0.25) is 9.36 Å². The van der Waals surface area contributed by atoms with Crippen molar-refractivity contribution in [2.45, 2.75) is 19.6 Å². The first-order valence-electron chi connectivity index (χ1n) is 10.3. The van der Waals surface area contributed by atoms with Crippen molar-refractivity contribution < 1.29 is 14.6 Å². The van der Waals surface area contributed by atoms with Crippen molar-refractivity contribution in [1.82, 2.24) is 9.55 Å². The number of carboxylic acids is 1. The molecule has 0 radical (unpaired) electrons. The zero-order valence-electron chi connectivity index (χ0n) is 17.2. The summed E-state index contributed by atoms with van der Waals surface area (Å²) in [5, 5.41) is 9.70. The molecule has 5 rings (SSSR count). The van der Waals surface area contributed by atoms with Crippen LogP contribution in [0.4, 0.5) is 0 Å². The Morgan fingerprint density at radius 2 is 1.84 bits per heavy atom. The van der Waals surface area contributed by atoms with E-state index in [0.717, 1.165) is 22.4 Å². The van der Waals surface area contributed by atoms with Crippen LogP contribution < -0.4 is 10.3 Å². The zero-order chi connectivity index (χ0) is 22.1. The monoisotopic (exact) mass is 424 g/mol. The molecule has 1 N–H and O–H groups in total. The second kappa shape index (κ2) is 8.15. The minimum absolute atomic E-state index is 0.109. The molecule has 0 saturated carbocycles. The largest absolute Gasteiger partial charge is 0.488 e. The van der Waals surface area contributed by atoms with Crippen LogP contribution in [0.3, 0.4) is 0 Å². The molecule has 0 aliphatic carbocycles. The lowest BCUT2D eigenvalue weighted by Gasteiger charge is -2.10. The second-order valence-corrected chi connectivity index (χ2v) is 7.66. The Kier molecular flexibility index (Phi) is 5.03. The highest BCUT2D eigenvalue weighted by atomic mass is 16.5. The molecule has 0 atom stereocenters. The summed E-state index contributed by atoms with van der Waals surface area (Å²) in [5.74, 6) is 0.274. The highest BCUT2D eigenvalue weighted by Crippen LogP contribution is 2.30. The van der Waals surface area contributed by atoms with Crippen molar-refractivity contribution in [2.75, 3.05) is 0 Å². The van der Waals surface area contributed by atoms with E-state index in [-0.39, 0.29) is 11.1 Å². The molecule has 4 aromatic rings. The molecule has 1 aromatic heterocycles. The number of benzene rings is 3. The van der Waals surface area contributed by atoms with Crippen molar-refractivity contribution in [3.8, 4) is 5.75 Å². The van der Waals surface area contributed by atoms with E-state index < -0.39 is 5.97 Å². The Labute approximate surface area is 184 Å². The molecule has 1 aliphatic rings. The number of fused-ring (bicyclic) bond motifs is 2. The quantitative estimate of drug-likeness (QED) is 0.506. The zero-order valence-corrected chi connectivity index (χ0v) is 17.2. The van der Waals surface area contributed by atoms with Crippen LogP contribution in [-0.2, 0) is 13.2 Å². The molecule has 6 heteroatoms. The fourth-order valence-electron chi connectivity index (χ4n) is 3.94. The van der Waals surface area contributed by atoms with E-state index in [1.807, 2.05) is 60.7 Å². The molecule has 0 amide bonds. The molecule has 3 aromatic carbocycles. The number of nitrogens with zero attached hydrogens (tertiary/aromatic N) is 2. The van der Waals surface area contributed by atoms with Crippen LogP contribution in [0, 0.1) is 0 Å². The average molecular weight is 424 g/mol. The number of hydrogen-bond acceptors (Lipinski definition) is 4. The lowest BCUT2D eigenvalue weighted by atomic mass is 10.1. The van der Waals surface area contributed by atoms with Gasteiger partial charge in [-0.1, -0.05) is 48.5 Å². The van der Waals surface area contributed by atoms with Gasteiger partial charge in [-0.2, -0.15) is 0 Å². The van der Waals surface area contributed by atoms with Crippen LogP contribution in [0.2, 0.25) is 0 Å². The smallest absolute Gasteiger partial charge is 0.335 e. The topological polar surface area (TPSA) is 81.4 Å². The Hall–Kier alpha value is -4.19. The van der Waals surface area contributed by atoms with Crippen LogP contribution >= 0.6 is 0 Å². The first-order chi connectivity index (χ1) is 15.6.